The van der Waals surface area contributed by atoms with Crippen LogP contribution in [0.4, 0.5) is 0 Å². The van der Waals surface area contributed by atoms with Crippen LogP contribution in [0.2, 0.25) is 0 Å². The monoisotopic (exact) mass is 143 g/mol. The van der Waals surface area contributed by atoms with Crippen LogP contribution in [0.1, 0.15) is 20.3 Å². The van der Waals surface area contributed by atoms with E-state index in [4.69, 9.17) is 10.5 Å². The molecular weight excluding hydrogens is 130 g/mol. The van der Waals surface area contributed by atoms with E-state index in [-0.39, 0.29) is 18.0 Å². The third kappa shape index (κ3) is 1.01. The Morgan fingerprint density at radius 3 is 2.50 bits per heavy atom. The van der Waals surface area contributed by atoms with Crippen LogP contribution in [0.3, 0.4) is 0 Å². The predicted molar refractivity (Wildman–Crippen MR) is 37.3 cm³/mol. The Hall–Kier alpha value is -0.570. The number of esters is 1. The molecule has 0 aliphatic carbocycles. The fraction of sp³-hybridized carbons (Fsp3) is 0.857. The molecule has 1 fully saturated rings. The Morgan fingerprint density at radius 2 is 2.30 bits per heavy atom. The number of hydrogen-bond donors (Lipinski definition) is 1. The SMILES string of the molecule is CCC1OC(=O)[C@@H](N)[C@@H]1C. The zero-order chi connectivity index (χ0) is 7.72. The number of nitrogens with two attached hydrogens (primary N) is 1. The van der Waals surface area contributed by atoms with Gasteiger partial charge in [-0.3, -0.25) is 4.79 Å². The van der Waals surface area contributed by atoms with E-state index in [1.807, 2.05) is 13.8 Å². The van der Waals surface area contributed by atoms with Crippen LogP contribution in [0, 0.1) is 5.92 Å². The average Bonchev–Trinajstić information content (AvgIpc) is 2.17. The Labute approximate surface area is 60.5 Å². The van der Waals surface area contributed by atoms with Gasteiger partial charge in [-0.2, -0.15) is 0 Å². The van der Waals surface area contributed by atoms with Crippen LogP contribution < -0.4 is 5.73 Å². The van der Waals surface area contributed by atoms with Gasteiger partial charge in [0.05, 0.1) is 0 Å². The second-order valence-electron chi connectivity index (χ2n) is 2.77. The standard InChI is InChI=1S/C7H13NO2/c1-3-5-4(2)6(8)7(9)10-5/h4-6H,3,8H2,1-2H3/t4-,5?,6+/m1/s1. The molecule has 10 heavy (non-hydrogen) atoms. The van der Waals surface area contributed by atoms with Gasteiger partial charge in [-0.15, -0.1) is 0 Å². The van der Waals surface area contributed by atoms with Crippen LogP contribution >= 0.6 is 0 Å². The summed E-state index contributed by atoms with van der Waals surface area (Å²) in [6.45, 7) is 3.94. The van der Waals surface area contributed by atoms with Crippen molar-refractivity contribution in [1.82, 2.24) is 0 Å². The second kappa shape index (κ2) is 2.58. The first-order valence-corrected chi connectivity index (χ1v) is 3.63. The minimum Gasteiger partial charge on any atom is -0.461 e. The summed E-state index contributed by atoms with van der Waals surface area (Å²) >= 11 is 0. The lowest BCUT2D eigenvalue weighted by Gasteiger charge is -2.10. The molecule has 3 nitrogen and oxygen atoms in total. The van der Waals surface area contributed by atoms with E-state index in [0.717, 1.165) is 6.42 Å². The largest absolute Gasteiger partial charge is 0.461 e. The summed E-state index contributed by atoms with van der Waals surface area (Å²) in [7, 11) is 0. The summed E-state index contributed by atoms with van der Waals surface area (Å²) < 4.78 is 4.97. The highest BCUT2D eigenvalue weighted by Gasteiger charge is 2.37. The number of hydrogen-bond acceptors (Lipinski definition) is 3. The van der Waals surface area contributed by atoms with Crippen molar-refractivity contribution < 1.29 is 9.53 Å². The summed E-state index contributed by atoms with van der Waals surface area (Å²) in [6, 6.07) is -0.398. The molecule has 1 aliphatic heterocycles. The van der Waals surface area contributed by atoms with E-state index in [1.54, 1.807) is 0 Å². The molecule has 3 atom stereocenters. The number of cyclic esters (lactones) is 1. The third-order valence-corrected chi connectivity index (χ3v) is 2.09. The highest BCUT2D eigenvalue weighted by atomic mass is 16.6. The maximum Gasteiger partial charge on any atom is 0.323 e. The summed E-state index contributed by atoms with van der Waals surface area (Å²) in [6.07, 6.45) is 0.906. The first-order chi connectivity index (χ1) is 4.66. The smallest absolute Gasteiger partial charge is 0.323 e. The van der Waals surface area contributed by atoms with Crippen molar-refractivity contribution in [2.24, 2.45) is 11.7 Å². The lowest BCUT2D eigenvalue weighted by Crippen LogP contribution is -2.31. The van der Waals surface area contributed by atoms with Crippen molar-refractivity contribution in [1.29, 1.82) is 0 Å². The molecule has 2 N–H and O–H groups in total. The van der Waals surface area contributed by atoms with Gasteiger partial charge in [-0.1, -0.05) is 13.8 Å². The van der Waals surface area contributed by atoms with Crippen molar-refractivity contribution in [2.45, 2.75) is 32.4 Å². The van der Waals surface area contributed by atoms with Crippen LogP contribution in [0.25, 0.3) is 0 Å². The van der Waals surface area contributed by atoms with Crippen molar-refractivity contribution in [2.75, 3.05) is 0 Å². The Morgan fingerprint density at radius 1 is 1.70 bits per heavy atom. The highest BCUT2D eigenvalue weighted by Crippen LogP contribution is 2.22. The molecule has 1 unspecified atom stereocenters. The van der Waals surface area contributed by atoms with Crippen molar-refractivity contribution in [3.05, 3.63) is 0 Å². The van der Waals surface area contributed by atoms with Gasteiger partial charge in [0.15, 0.2) is 0 Å². The first-order valence-electron chi connectivity index (χ1n) is 3.63. The van der Waals surface area contributed by atoms with E-state index in [9.17, 15) is 4.79 Å². The highest BCUT2D eigenvalue weighted by molar-refractivity contribution is 5.78. The molecular formula is C7H13NO2. The average molecular weight is 143 g/mol. The van der Waals surface area contributed by atoms with Gasteiger partial charge in [-0.25, -0.2) is 0 Å². The van der Waals surface area contributed by atoms with Gasteiger partial charge in [0.1, 0.15) is 12.1 Å². The molecule has 1 heterocycles. The lowest BCUT2D eigenvalue weighted by atomic mass is 9.98. The maximum atomic E-state index is 10.8. The molecule has 0 radical (unpaired) electrons. The Kier molecular flexibility index (Phi) is 1.94. The molecule has 1 aliphatic rings. The second-order valence-corrected chi connectivity index (χ2v) is 2.77. The summed E-state index contributed by atoms with van der Waals surface area (Å²) in [4.78, 5) is 10.8. The van der Waals surface area contributed by atoms with E-state index in [0.29, 0.717) is 0 Å². The van der Waals surface area contributed by atoms with E-state index >= 15 is 0 Å². The van der Waals surface area contributed by atoms with Gasteiger partial charge in [0.2, 0.25) is 0 Å². The third-order valence-electron chi connectivity index (χ3n) is 2.09. The molecule has 58 valence electrons. The van der Waals surface area contributed by atoms with Gasteiger partial charge in [-0.05, 0) is 6.42 Å². The molecule has 1 saturated heterocycles. The van der Waals surface area contributed by atoms with Gasteiger partial charge < -0.3 is 10.5 Å². The van der Waals surface area contributed by atoms with Crippen molar-refractivity contribution >= 4 is 5.97 Å². The van der Waals surface area contributed by atoms with Crippen LogP contribution in [0.15, 0.2) is 0 Å². The first kappa shape index (κ1) is 7.54. The molecule has 0 saturated carbocycles. The van der Waals surface area contributed by atoms with E-state index in [1.165, 1.54) is 0 Å². The molecule has 1 rings (SSSR count). The lowest BCUT2D eigenvalue weighted by molar-refractivity contribution is -0.142. The zero-order valence-electron chi connectivity index (χ0n) is 6.33. The molecule has 0 aromatic heterocycles. The van der Waals surface area contributed by atoms with E-state index < -0.39 is 6.04 Å². The quantitative estimate of drug-likeness (QED) is 0.536. The fourth-order valence-electron chi connectivity index (χ4n) is 1.24. The number of carbonyl (C=O) groups is 1. The number of ether oxygens (including phenoxy) is 1. The Bertz CT molecular complexity index is 147. The fourth-order valence-corrected chi connectivity index (χ4v) is 1.24. The molecule has 0 amide bonds. The molecule has 3 heteroatoms. The van der Waals surface area contributed by atoms with Crippen LogP contribution in [0.5, 0.6) is 0 Å². The predicted octanol–water partition coefficient (Wildman–Crippen LogP) is 0.285. The van der Waals surface area contributed by atoms with Gasteiger partial charge in [0, 0.05) is 5.92 Å². The van der Waals surface area contributed by atoms with Gasteiger partial charge >= 0.3 is 5.97 Å². The van der Waals surface area contributed by atoms with E-state index in [2.05, 4.69) is 0 Å². The minimum atomic E-state index is -0.398. The number of rotatable bonds is 1. The molecule has 0 spiro atoms. The molecule has 0 aromatic carbocycles. The maximum absolute atomic E-state index is 10.8. The summed E-state index contributed by atoms with van der Waals surface area (Å²) in [5, 5.41) is 0. The topological polar surface area (TPSA) is 52.3 Å². The van der Waals surface area contributed by atoms with Crippen molar-refractivity contribution in [3.8, 4) is 0 Å². The summed E-state index contributed by atoms with van der Waals surface area (Å²) in [5.41, 5.74) is 5.51. The molecule has 0 aromatic rings. The summed E-state index contributed by atoms with van der Waals surface area (Å²) in [5.74, 6) is -0.0724. The number of carbonyl (C=O) groups excluding carboxylic acids is 1. The van der Waals surface area contributed by atoms with Crippen LogP contribution in [-0.4, -0.2) is 18.1 Å². The normalized spacial score (nSPS) is 39.9. The van der Waals surface area contributed by atoms with Gasteiger partial charge in [0.25, 0.3) is 0 Å². The zero-order valence-corrected chi connectivity index (χ0v) is 6.33. The van der Waals surface area contributed by atoms with Crippen molar-refractivity contribution in [3.63, 3.8) is 0 Å². The Balaban J connectivity index is 2.61. The van der Waals surface area contributed by atoms with Crippen LogP contribution in [-0.2, 0) is 9.53 Å². The minimum absolute atomic E-state index is 0.0440. The molecule has 0 bridgehead atoms.